The van der Waals surface area contributed by atoms with Gasteiger partial charge in [0.15, 0.2) is 0 Å². The third-order valence-corrected chi connectivity index (χ3v) is 2.96. The van der Waals surface area contributed by atoms with E-state index in [9.17, 15) is 4.79 Å². The lowest BCUT2D eigenvalue weighted by atomic mass is 9.87. The number of nitrogens with one attached hydrogen (secondary N) is 1. The molecule has 0 aliphatic heterocycles. The molecule has 0 aromatic carbocycles. The van der Waals surface area contributed by atoms with Crippen LogP contribution in [-0.2, 0) is 4.79 Å². The Morgan fingerprint density at radius 1 is 1.43 bits per heavy atom. The topological polar surface area (TPSA) is 55.1 Å². The summed E-state index contributed by atoms with van der Waals surface area (Å²) in [7, 11) is 0. The van der Waals surface area contributed by atoms with Crippen molar-refractivity contribution in [2.75, 3.05) is 6.54 Å². The Kier molecular flexibility index (Phi) is 3.20. The maximum absolute atomic E-state index is 11.8. The fourth-order valence-electron chi connectivity index (χ4n) is 1.90. The van der Waals surface area contributed by atoms with Crippen molar-refractivity contribution in [1.82, 2.24) is 5.32 Å². The summed E-state index contributed by atoms with van der Waals surface area (Å²) in [4.78, 5) is 11.8. The van der Waals surface area contributed by atoms with Crippen molar-refractivity contribution in [2.24, 2.45) is 11.1 Å². The number of nitrogens with two attached hydrogens (primary N) is 1. The van der Waals surface area contributed by atoms with E-state index in [0.29, 0.717) is 6.54 Å². The van der Waals surface area contributed by atoms with Crippen LogP contribution in [0.1, 0.15) is 46.5 Å². The number of amides is 1. The van der Waals surface area contributed by atoms with Crippen molar-refractivity contribution in [1.29, 1.82) is 0 Å². The monoisotopic (exact) mass is 198 g/mol. The molecule has 82 valence electrons. The van der Waals surface area contributed by atoms with Gasteiger partial charge in [0, 0.05) is 17.5 Å². The molecule has 1 aliphatic rings. The van der Waals surface area contributed by atoms with Gasteiger partial charge in [-0.1, -0.05) is 19.8 Å². The Labute approximate surface area is 86.4 Å². The van der Waals surface area contributed by atoms with E-state index in [1.165, 1.54) is 12.8 Å². The Hall–Kier alpha value is -0.570. The van der Waals surface area contributed by atoms with Gasteiger partial charge in [0.25, 0.3) is 0 Å². The number of hydrogen-bond acceptors (Lipinski definition) is 2. The van der Waals surface area contributed by atoms with Gasteiger partial charge >= 0.3 is 0 Å². The summed E-state index contributed by atoms with van der Waals surface area (Å²) in [6, 6.07) is 0. The number of hydrogen-bond donors (Lipinski definition) is 2. The molecular weight excluding hydrogens is 176 g/mol. The molecule has 14 heavy (non-hydrogen) atoms. The van der Waals surface area contributed by atoms with Gasteiger partial charge in [-0.25, -0.2) is 0 Å². The van der Waals surface area contributed by atoms with E-state index in [0.717, 1.165) is 12.8 Å². The minimum Gasteiger partial charge on any atom is -0.354 e. The first-order valence-corrected chi connectivity index (χ1v) is 5.41. The van der Waals surface area contributed by atoms with Gasteiger partial charge in [-0.3, -0.25) is 4.79 Å². The predicted molar refractivity (Wildman–Crippen MR) is 57.9 cm³/mol. The molecule has 3 heteroatoms. The molecule has 1 aliphatic carbocycles. The maximum atomic E-state index is 11.8. The summed E-state index contributed by atoms with van der Waals surface area (Å²) in [5.74, 6) is 0.175. The Morgan fingerprint density at radius 3 is 2.36 bits per heavy atom. The van der Waals surface area contributed by atoms with Crippen LogP contribution in [0.5, 0.6) is 0 Å². The second kappa shape index (κ2) is 3.89. The van der Waals surface area contributed by atoms with Gasteiger partial charge in [0.2, 0.25) is 5.91 Å². The summed E-state index contributed by atoms with van der Waals surface area (Å²) in [5, 5.41) is 2.94. The third-order valence-electron chi connectivity index (χ3n) is 2.96. The average Bonchev–Trinajstić information content (AvgIpc) is 2.48. The van der Waals surface area contributed by atoms with Gasteiger partial charge in [-0.05, 0) is 26.7 Å². The summed E-state index contributed by atoms with van der Waals surface area (Å²) < 4.78 is 0. The van der Waals surface area contributed by atoms with Gasteiger partial charge in [0.05, 0.1) is 0 Å². The van der Waals surface area contributed by atoms with Crippen LogP contribution < -0.4 is 11.1 Å². The molecule has 0 bridgehead atoms. The second-order valence-corrected chi connectivity index (χ2v) is 5.44. The predicted octanol–water partition coefficient (Wildman–Crippen LogP) is 1.42. The highest BCUT2D eigenvalue weighted by molar-refractivity contribution is 5.82. The molecule has 3 N–H and O–H groups in total. The highest BCUT2D eigenvalue weighted by atomic mass is 16.2. The standard InChI is InChI=1S/C11H22N2O/c1-10(2,12)8-13-9(14)11(3)6-4-5-7-11/h4-8,12H2,1-3H3,(H,13,14). The zero-order valence-corrected chi connectivity index (χ0v) is 9.52. The molecule has 0 radical (unpaired) electrons. The number of carbonyl (C=O) groups is 1. The molecule has 0 unspecified atom stereocenters. The van der Waals surface area contributed by atoms with Crippen LogP contribution in [0.3, 0.4) is 0 Å². The zero-order chi connectivity index (χ0) is 10.8. The van der Waals surface area contributed by atoms with E-state index in [1.54, 1.807) is 0 Å². The van der Waals surface area contributed by atoms with Crippen molar-refractivity contribution in [3.63, 3.8) is 0 Å². The normalized spacial score (nSPS) is 20.9. The molecule has 3 nitrogen and oxygen atoms in total. The van der Waals surface area contributed by atoms with E-state index in [2.05, 4.69) is 12.2 Å². The quantitative estimate of drug-likeness (QED) is 0.720. The van der Waals surface area contributed by atoms with Crippen LogP contribution in [0.15, 0.2) is 0 Å². The molecule has 0 aromatic rings. The van der Waals surface area contributed by atoms with Crippen molar-refractivity contribution in [2.45, 2.75) is 52.0 Å². The molecule has 0 atom stereocenters. The largest absolute Gasteiger partial charge is 0.354 e. The van der Waals surface area contributed by atoms with E-state index >= 15 is 0 Å². The first-order chi connectivity index (χ1) is 6.33. The second-order valence-electron chi connectivity index (χ2n) is 5.44. The zero-order valence-electron chi connectivity index (χ0n) is 9.52. The molecule has 1 saturated carbocycles. The van der Waals surface area contributed by atoms with E-state index in [4.69, 9.17) is 5.73 Å². The summed E-state index contributed by atoms with van der Waals surface area (Å²) in [6.45, 7) is 6.45. The first-order valence-electron chi connectivity index (χ1n) is 5.41. The molecule has 1 fully saturated rings. The van der Waals surface area contributed by atoms with Crippen LogP contribution in [0.4, 0.5) is 0 Å². The van der Waals surface area contributed by atoms with Crippen LogP contribution in [-0.4, -0.2) is 18.0 Å². The van der Waals surface area contributed by atoms with Crippen LogP contribution >= 0.6 is 0 Å². The maximum Gasteiger partial charge on any atom is 0.225 e. The number of rotatable bonds is 3. The third kappa shape index (κ3) is 2.98. The van der Waals surface area contributed by atoms with Crippen LogP contribution in [0.2, 0.25) is 0 Å². The van der Waals surface area contributed by atoms with Gasteiger partial charge in [0.1, 0.15) is 0 Å². The van der Waals surface area contributed by atoms with Crippen molar-refractivity contribution in [3.05, 3.63) is 0 Å². The lowest BCUT2D eigenvalue weighted by molar-refractivity contribution is -0.130. The highest BCUT2D eigenvalue weighted by Gasteiger charge is 2.36. The Bertz CT molecular complexity index is 212. The van der Waals surface area contributed by atoms with Gasteiger partial charge in [-0.2, -0.15) is 0 Å². The molecular formula is C11H22N2O. The highest BCUT2D eigenvalue weighted by Crippen LogP contribution is 2.37. The molecule has 1 amide bonds. The van der Waals surface area contributed by atoms with Gasteiger partial charge < -0.3 is 11.1 Å². The lowest BCUT2D eigenvalue weighted by Crippen LogP contribution is -2.48. The summed E-state index contributed by atoms with van der Waals surface area (Å²) in [6.07, 6.45) is 4.39. The van der Waals surface area contributed by atoms with Crippen LogP contribution in [0, 0.1) is 5.41 Å². The molecule has 1 rings (SSSR count). The fraction of sp³-hybridized carbons (Fsp3) is 0.909. The minimum absolute atomic E-state index is 0.134. The Balaban J connectivity index is 2.42. The molecule has 0 heterocycles. The summed E-state index contributed by atoms with van der Waals surface area (Å²) in [5.41, 5.74) is 5.36. The fourth-order valence-corrected chi connectivity index (χ4v) is 1.90. The molecule has 0 spiro atoms. The van der Waals surface area contributed by atoms with E-state index < -0.39 is 0 Å². The van der Waals surface area contributed by atoms with Gasteiger partial charge in [-0.15, -0.1) is 0 Å². The van der Waals surface area contributed by atoms with Crippen molar-refractivity contribution in [3.8, 4) is 0 Å². The SMILES string of the molecule is CC(C)(N)CNC(=O)C1(C)CCCC1. The smallest absolute Gasteiger partial charge is 0.225 e. The summed E-state index contributed by atoms with van der Waals surface area (Å²) >= 11 is 0. The lowest BCUT2D eigenvalue weighted by Gasteiger charge is -2.26. The van der Waals surface area contributed by atoms with Crippen molar-refractivity contribution < 1.29 is 4.79 Å². The minimum atomic E-state index is -0.315. The first kappa shape index (κ1) is 11.5. The van der Waals surface area contributed by atoms with E-state index in [-0.39, 0.29) is 16.9 Å². The molecule has 0 saturated heterocycles. The van der Waals surface area contributed by atoms with Crippen LogP contribution in [0.25, 0.3) is 0 Å². The van der Waals surface area contributed by atoms with E-state index in [1.807, 2.05) is 13.8 Å². The number of carbonyl (C=O) groups excluding carboxylic acids is 1. The average molecular weight is 198 g/mol. The molecule has 0 aromatic heterocycles. The van der Waals surface area contributed by atoms with Crippen molar-refractivity contribution >= 4 is 5.91 Å². The Morgan fingerprint density at radius 2 is 1.93 bits per heavy atom.